The number of non-ortho nitro benzene ring substituents is 1. The van der Waals surface area contributed by atoms with Crippen LogP contribution in [0.3, 0.4) is 0 Å². The number of hydrogen-bond donors (Lipinski definition) is 1. The molecule has 0 spiro atoms. The fourth-order valence-electron chi connectivity index (χ4n) is 1.16. The summed E-state index contributed by atoms with van der Waals surface area (Å²) in [5, 5.41) is 13.3. The molecule has 1 N–H and O–H groups in total. The number of carbonyl (C=O) groups is 1. The zero-order valence-corrected chi connectivity index (χ0v) is 10.4. The van der Waals surface area contributed by atoms with Crippen molar-refractivity contribution in [2.45, 2.75) is 19.9 Å². The maximum Gasteiger partial charge on any atom is 0.271 e. The lowest BCUT2D eigenvalue weighted by Gasteiger charge is -2.08. The highest BCUT2D eigenvalue weighted by Gasteiger charge is 2.14. The second-order valence-corrected chi connectivity index (χ2v) is 4.50. The van der Waals surface area contributed by atoms with E-state index in [1.165, 1.54) is 12.1 Å². The van der Waals surface area contributed by atoms with E-state index in [4.69, 9.17) is 0 Å². The summed E-state index contributed by atoms with van der Waals surface area (Å²) in [6, 6.07) is 4.14. The Labute approximate surface area is 101 Å². The molecule has 0 heterocycles. The Morgan fingerprint density at radius 2 is 2.06 bits per heavy atom. The van der Waals surface area contributed by atoms with Gasteiger partial charge in [-0.25, -0.2) is 0 Å². The summed E-state index contributed by atoms with van der Waals surface area (Å²) in [7, 11) is 0. The van der Waals surface area contributed by atoms with Crippen molar-refractivity contribution in [2.24, 2.45) is 0 Å². The van der Waals surface area contributed by atoms with Gasteiger partial charge in [0.25, 0.3) is 11.6 Å². The van der Waals surface area contributed by atoms with E-state index in [1.54, 1.807) is 6.07 Å². The molecule has 5 nitrogen and oxygen atoms in total. The van der Waals surface area contributed by atoms with Crippen molar-refractivity contribution in [1.82, 2.24) is 5.32 Å². The molecule has 0 aliphatic heterocycles. The van der Waals surface area contributed by atoms with Crippen LogP contribution in [0.4, 0.5) is 5.69 Å². The summed E-state index contributed by atoms with van der Waals surface area (Å²) < 4.78 is 0.510. The van der Waals surface area contributed by atoms with Gasteiger partial charge in [-0.15, -0.1) is 0 Å². The molecule has 0 aliphatic rings. The van der Waals surface area contributed by atoms with Crippen LogP contribution in [0.15, 0.2) is 22.7 Å². The minimum Gasteiger partial charge on any atom is -0.350 e. The molecule has 0 radical (unpaired) electrons. The van der Waals surface area contributed by atoms with Crippen molar-refractivity contribution >= 4 is 27.5 Å². The normalized spacial score (nSPS) is 10.2. The molecular formula is C10H11BrN2O3. The maximum absolute atomic E-state index is 11.6. The summed E-state index contributed by atoms with van der Waals surface area (Å²) in [5.74, 6) is -0.320. The second-order valence-electron chi connectivity index (χ2n) is 3.58. The number of benzene rings is 1. The zero-order chi connectivity index (χ0) is 12.3. The molecular weight excluding hydrogens is 276 g/mol. The third kappa shape index (κ3) is 3.30. The van der Waals surface area contributed by atoms with Crippen LogP contribution >= 0.6 is 15.9 Å². The average Bonchev–Trinajstić information content (AvgIpc) is 2.15. The summed E-state index contributed by atoms with van der Waals surface area (Å²) in [6.07, 6.45) is 0. The Kier molecular flexibility index (Phi) is 4.00. The molecule has 0 unspecified atom stereocenters. The quantitative estimate of drug-likeness (QED) is 0.685. The van der Waals surface area contributed by atoms with E-state index in [-0.39, 0.29) is 23.2 Å². The molecule has 86 valence electrons. The van der Waals surface area contributed by atoms with E-state index in [0.717, 1.165) is 0 Å². The van der Waals surface area contributed by atoms with Gasteiger partial charge in [0.1, 0.15) is 0 Å². The minimum atomic E-state index is -0.531. The number of nitro benzene ring substituents is 1. The van der Waals surface area contributed by atoms with Crippen LogP contribution in [0.1, 0.15) is 24.2 Å². The van der Waals surface area contributed by atoms with Gasteiger partial charge in [0.15, 0.2) is 0 Å². The molecule has 0 aliphatic carbocycles. The van der Waals surface area contributed by atoms with Crippen molar-refractivity contribution < 1.29 is 9.72 Å². The van der Waals surface area contributed by atoms with Crippen molar-refractivity contribution in [1.29, 1.82) is 0 Å². The third-order valence-electron chi connectivity index (χ3n) is 1.78. The smallest absolute Gasteiger partial charge is 0.271 e. The predicted octanol–water partition coefficient (Wildman–Crippen LogP) is 2.50. The lowest BCUT2D eigenvalue weighted by atomic mass is 10.2. The molecule has 1 aromatic carbocycles. The number of hydrogen-bond acceptors (Lipinski definition) is 3. The van der Waals surface area contributed by atoms with Crippen LogP contribution in [-0.2, 0) is 0 Å². The van der Waals surface area contributed by atoms with E-state index >= 15 is 0 Å². The number of rotatable bonds is 3. The highest BCUT2D eigenvalue weighted by Crippen LogP contribution is 2.21. The lowest BCUT2D eigenvalue weighted by Crippen LogP contribution is -2.30. The van der Waals surface area contributed by atoms with Crippen molar-refractivity contribution in [3.05, 3.63) is 38.3 Å². The Morgan fingerprint density at radius 3 is 2.56 bits per heavy atom. The Balaban J connectivity index is 3.05. The van der Waals surface area contributed by atoms with Crippen LogP contribution < -0.4 is 5.32 Å². The van der Waals surface area contributed by atoms with Gasteiger partial charge in [-0.3, -0.25) is 14.9 Å². The average molecular weight is 287 g/mol. The van der Waals surface area contributed by atoms with Gasteiger partial charge in [0, 0.05) is 28.2 Å². The van der Waals surface area contributed by atoms with Crippen LogP contribution in [-0.4, -0.2) is 16.9 Å². The first-order valence-electron chi connectivity index (χ1n) is 4.66. The largest absolute Gasteiger partial charge is 0.350 e. The number of amides is 1. The van der Waals surface area contributed by atoms with E-state index in [0.29, 0.717) is 4.47 Å². The molecule has 1 aromatic rings. The number of nitrogens with zero attached hydrogens (tertiary/aromatic N) is 1. The van der Waals surface area contributed by atoms with E-state index in [1.807, 2.05) is 13.8 Å². The minimum absolute atomic E-state index is 0.00876. The topological polar surface area (TPSA) is 72.2 Å². The van der Waals surface area contributed by atoms with Crippen molar-refractivity contribution in [3.8, 4) is 0 Å². The van der Waals surface area contributed by atoms with Crippen molar-refractivity contribution in [3.63, 3.8) is 0 Å². The first-order valence-corrected chi connectivity index (χ1v) is 5.45. The van der Waals surface area contributed by atoms with Crippen LogP contribution in [0.25, 0.3) is 0 Å². The molecule has 0 fully saturated rings. The first kappa shape index (κ1) is 12.6. The number of nitro groups is 1. The molecule has 0 atom stereocenters. The molecule has 16 heavy (non-hydrogen) atoms. The Morgan fingerprint density at radius 1 is 1.44 bits per heavy atom. The summed E-state index contributed by atoms with van der Waals surface area (Å²) in [5.41, 5.74) is 0.165. The SMILES string of the molecule is CC(C)NC(=O)c1cc(Br)cc([N+](=O)[O-])c1. The third-order valence-corrected chi connectivity index (χ3v) is 2.23. The first-order chi connectivity index (χ1) is 7.40. The van der Waals surface area contributed by atoms with Crippen molar-refractivity contribution in [2.75, 3.05) is 0 Å². The van der Waals surface area contributed by atoms with Gasteiger partial charge in [-0.2, -0.15) is 0 Å². The predicted molar refractivity (Wildman–Crippen MR) is 63.4 cm³/mol. The van der Waals surface area contributed by atoms with Crippen LogP contribution in [0, 0.1) is 10.1 Å². The molecule has 0 aromatic heterocycles. The highest BCUT2D eigenvalue weighted by molar-refractivity contribution is 9.10. The molecule has 1 rings (SSSR count). The standard InChI is InChI=1S/C10H11BrN2O3/c1-6(2)12-10(14)7-3-8(11)5-9(4-7)13(15)16/h3-6H,1-2H3,(H,12,14). The van der Waals surface area contributed by atoms with Gasteiger partial charge in [-0.1, -0.05) is 15.9 Å². The fourth-order valence-corrected chi connectivity index (χ4v) is 1.64. The Bertz CT molecular complexity index is 432. The van der Waals surface area contributed by atoms with E-state index in [9.17, 15) is 14.9 Å². The highest BCUT2D eigenvalue weighted by atomic mass is 79.9. The zero-order valence-electron chi connectivity index (χ0n) is 8.86. The molecule has 1 amide bonds. The number of halogens is 1. The molecule has 0 bridgehead atoms. The second kappa shape index (κ2) is 5.07. The molecule has 0 saturated heterocycles. The fraction of sp³-hybridized carbons (Fsp3) is 0.300. The molecule has 0 saturated carbocycles. The van der Waals surface area contributed by atoms with E-state index < -0.39 is 4.92 Å². The summed E-state index contributed by atoms with van der Waals surface area (Å²) in [4.78, 5) is 21.7. The monoisotopic (exact) mass is 286 g/mol. The molecule has 6 heteroatoms. The van der Waals surface area contributed by atoms with Gasteiger partial charge in [0.05, 0.1) is 4.92 Å². The summed E-state index contributed by atoms with van der Waals surface area (Å²) in [6.45, 7) is 3.65. The van der Waals surface area contributed by atoms with Gasteiger partial charge >= 0.3 is 0 Å². The van der Waals surface area contributed by atoms with Crippen LogP contribution in [0.2, 0.25) is 0 Å². The number of nitrogens with one attached hydrogen (secondary N) is 1. The Hall–Kier alpha value is -1.43. The maximum atomic E-state index is 11.6. The van der Waals surface area contributed by atoms with E-state index in [2.05, 4.69) is 21.2 Å². The van der Waals surface area contributed by atoms with Gasteiger partial charge in [-0.05, 0) is 19.9 Å². The van der Waals surface area contributed by atoms with Gasteiger partial charge in [0.2, 0.25) is 0 Å². The lowest BCUT2D eigenvalue weighted by molar-refractivity contribution is -0.385. The summed E-state index contributed by atoms with van der Waals surface area (Å²) >= 11 is 3.13. The number of carbonyl (C=O) groups excluding carboxylic acids is 1. The van der Waals surface area contributed by atoms with Crippen LogP contribution in [0.5, 0.6) is 0 Å². The van der Waals surface area contributed by atoms with Gasteiger partial charge < -0.3 is 5.32 Å².